The molecule has 2 aromatic rings. The molecule has 2 atom stereocenters. The van der Waals surface area contributed by atoms with Gasteiger partial charge in [-0.1, -0.05) is 48.5 Å². The number of ether oxygens (including phenoxy) is 1. The molecule has 0 spiro atoms. The maximum Gasteiger partial charge on any atom is 0.338 e. The number of carbonyl (C=O) groups is 1. The van der Waals surface area contributed by atoms with Gasteiger partial charge in [0, 0.05) is 0 Å². The molecule has 108 valence electrons. The Morgan fingerprint density at radius 1 is 0.952 bits per heavy atom. The van der Waals surface area contributed by atoms with Crippen LogP contribution in [0, 0.1) is 5.92 Å². The zero-order chi connectivity index (χ0) is 14.5. The Bertz CT molecular complexity index is 577. The molecule has 0 amide bonds. The van der Waals surface area contributed by atoms with E-state index in [0.29, 0.717) is 11.5 Å². The lowest BCUT2D eigenvalue weighted by Crippen LogP contribution is -2.23. The minimum absolute atomic E-state index is 0.0536. The van der Waals surface area contributed by atoms with Crippen LogP contribution in [0.15, 0.2) is 60.7 Å². The van der Waals surface area contributed by atoms with E-state index in [1.54, 1.807) is 0 Å². The van der Waals surface area contributed by atoms with Crippen molar-refractivity contribution in [2.24, 2.45) is 5.92 Å². The summed E-state index contributed by atoms with van der Waals surface area (Å²) < 4.78 is 5.74. The van der Waals surface area contributed by atoms with Crippen molar-refractivity contribution in [1.29, 1.82) is 0 Å². The molecule has 0 bridgehead atoms. The van der Waals surface area contributed by atoms with Crippen LogP contribution in [0.25, 0.3) is 0 Å². The van der Waals surface area contributed by atoms with E-state index in [0.717, 1.165) is 25.7 Å². The Balaban J connectivity index is 1.63. The quantitative estimate of drug-likeness (QED) is 0.782. The first-order chi connectivity index (χ1) is 10.3. The number of carbonyl (C=O) groups excluding carboxylic acids is 1. The average Bonchev–Trinajstić information content (AvgIpc) is 2.96. The maximum absolute atomic E-state index is 12.2. The molecule has 0 aliphatic heterocycles. The standard InChI is InChI=1S/C19H20O2/c20-19(16-10-5-2-6-11-16)21-18-13-7-12-17(18)14-15-8-3-1-4-9-15/h1-6,8-11,17-18H,7,12-14H2/t17-,18+/m0/s1. The van der Waals surface area contributed by atoms with Crippen LogP contribution in [0.1, 0.15) is 35.2 Å². The second-order valence-electron chi connectivity index (χ2n) is 5.69. The van der Waals surface area contributed by atoms with E-state index in [1.807, 2.05) is 36.4 Å². The first-order valence-corrected chi connectivity index (χ1v) is 7.63. The number of hydrogen-bond acceptors (Lipinski definition) is 2. The maximum atomic E-state index is 12.2. The second kappa shape index (κ2) is 6.57. The predicted molar refractivity (Wildman–Crippen MR) is 83.1 cm³/mol. The predicted octanol–water partition coefficient (Wildman–Crippen LogP) is 4.25. The van der Waals surface area contributed by atoms with E-state index >= 15 is 0 Å². The Morgan fingerprint density at radius 3 is 2.33 bits per heavy atom. The topological polar surface area (TPSA) is 26.3 Å². The minimum atomic E-state index is -0.194. The highest BCUT2D eigenvalue weighted by atomic mass is 16.5. The molecule has 2 heteroatoms. The lowest BCUT2D eigenvalue weighted by atomic mass is 9.96. The fraction of sp³-hybridized carbons (Fsp3) is 0.316. The lowest BCUT2D eigenvalue weighted by Gasteiger charge is -2.20. The van der Waals surface area contributed by atoms with Crippen molar-refractivity contribution in [3.05, 3.63) is 71.8 Å². The van der Waals surface area contributed by atoms with Crippen molar-refractivity contribution in [2.75, 3.05) is 0 Å². The highest BCUT2D eigenvalue weighted by Crippen LogP contribution is 2.31. The van der Waals surface area contributed by atoms with E-state index in [9.17, 15) is 4.79 Å². The van der Waals surface area contributed by atoms with Gasteiger partial charge in [0.1, 0.15) is 6.10 Å². The Labute approximate surface area is 125 Å². The molecule has 1 aliphatic carbocycles. The lowest BCUT2D eigenvalue weighted by molar-refractivity contribution is 0.0207. The summed E-state index contributed by atoms with van der Waals surface area (Å²) in [6.45, 7) is 0. The molecular weight excluding hydrogens is 260 g/mol. The third-order valence-corrected chi connectivity index (χ3v) is 4.20. The van der Waals surface area contributed by atoms with Gasteiger partial charge in [-0.05, 0) is 49.3 Å². The summed E-state index contributed by atoms with van der Waals surface area (Å²) in [7, 11) is 0. The third kappa shape index (κ3) is 3.52. The van der Waals surface area contributed by atoms with Crippen molar-refractivity contribution in [1.82, 2.24) is 0 Å². The fourth-order valence-corrected chi connectivity index (χ4v) is 3.09. The van der Waals surface area contributed by atoms with Crippen LogP contribution < -0.4 is 0 Å². The van der Waals surface area contributed by atoms with Gasteiger partial charge in [0.05, 0.1) is 5.56 Å². The number of hydrogen-bond donors (Lipinski definition) is 0. The molecule has 2 nitrogen and oxygen atoms in total. The molecule has 0 unspecified atom stereocenters. The van der Waals surface area contributed by atoms with Crippen LogP contribution in [-0.4, -0.2) is 12.1 Å². The Kier molecular flexibility index (Phi) is 4.34. The molecule has 1 saturated carbocycles. The van der Waals surface area contributed by atoms with Crippen LogP contribution in [0.2, 0.25) is 0 Å². The largest absolute Gasteiger partial charge is 0.458 e. The molecule has 0 N–H and O–H groups in total. The average molecular weight is 280 g/mol. The Morgan fingerprint density at radius 2 is 1.62 bits per heavy atom. The van der Waals surface area contributed by atoms with Gasteiger partial charge >= 0.3 is 5.97 Å². The van der Waals surface area contributed by atoms with Crippen molar-refractivity contribution >= 4 is 5.97 Å². The highest BCUT2D eigenvalue weighted by Gasteiger charge is 2.30. The van der Waals surface area contributed by atoms with Gasteiger partial charge in [-0.25, -0.2) is 4.79 Å². The van der Waals surface area contributed by atoms with Gasteiger partial charge in [0.25, 0.3) is 0 Å². The van der Waals surface area contributed by atoms with E-state index in [4.69, 9.17) is 4.74 Å². The van der Waals surface area contributed by atoms with E-state index in [1.165, 1.54) is 5.56 Å². The van der Waals surface area contributed by atoms with Crippen molar-refractivity contribution in [3.8, 4) is 0 Å². The summed E-state index contributed by atoms with van der Waals surface area (Å²) in [5.74, 6) is 0.251. The van der Waals surface area contributed by atoms with Crippen LogP contribution in [0.5, 0.6) is 0 Å². The molecule has 3 rings (SSSR count). The van der Waals surface area contributed by atoms with Gasteiger partial charge < -0.3 is 4.74 Å². The summed E-state index contributed by atoms with van der Waals surface area (Å²) in [5, 5.41) is 0. The zero-order valence-electron chi connectivity index (χ0n) is 12.1. The van der Waals surface area contributed by atoms with Gasteiger partial charge in [-0.3, -0.25) is 0 Å². The van der Waals surface area contributed by atoms with Gasteiger partial charge in [0.2, 0.25) is 0 Å². The summed E-state index contributed by atoms with van der Waals surface area (Å²) in [6.07, 6.45) is 4.31. The fourth-order valence-electron chi connectivity index (χ4n) is 3.09. The first-order valence-electron chi connectivity index (χ1n) is 7.63. The van der Waals surface area contributed by atoms with Gasteiger partial charge in [0.15, 0.2) is 0 Å². The molecule has 0 radical (unpaired) electrons. The highest BCUT2D eigenvalue weighted by molar-refractivity contribution is 5.89. The van der Waals surface area contributed by atoms with Crippen LogP contribution in [-0.2, 0) is 11.2 Å². The smallest absolute Gasteiger partial charge is 0.338 e. The van der Waals surface area contributed by atoms with Crippen LogP contribution >= 0.6 is 0 Å². The summed E-state index contributed by atoms with van der Waals surface area (Å²) >= 11 is 0. The molecule has 2 aromatic carbocycles. The van der Waals surface area contributed by atoms with Gasteiger partial charge in [-0.2, -0.15) is 0 Å². The van der Waals surface area contributed by atoms with Crippen molar-refractivity contribution in [3.63, 3.8) is 0 Å². The summed E-state index contributed by atoms with van der Waals surface area (Å²) in [5.41, 5.74) is 1.97. The van der Waals surface area contributed by atoms with Gasteiger partial charge in [-0.15, -0.1) is 0 Å². The van der Waals surface area contributed by atoms with Crippen LogP contribution in [0.4, 0.5) is 0 Å². The van der Waals surface area contributed by atoms with Crippen LogP contribution in [0.3, 0.4) is 0 Å². The molecule has 1 fully saturated rings. The molecule has 0 saturated heterocycles. The summed E-state index contributed by atoms with van der Waals surface area (Å²) in [4.78, 5) is 12.2. The number of esters is 1. The third-order valence-electron chi connectivity index (χ3n) is 4.20. The Hall–Kier alpha value is -2.09. The molecule has 1 aliphatic rings. The monoisotopic (exact) mass is 280 g/mol. The number of benzene rings is 2. The van der Waals surface area contributed by atoms with E-state index in [2.05, 4.69) is 24.3 Å². The minimum Gasteiger partial charge on any atom is -0.458 e. The van der Waals surface area contributed by atoms with Crippen molar-refractivity contribution in [2.45, 2.75) is 31.8 Å². The van der Waals surface area contributed by atoms with E-state index < -0.39 is 0 Å². The second-order valence-corrected chi connectivity index (χ2v) is 5.69. The molecule has 21 heavy (non-hydrogen) atoms. The first kappa shape index (κ1) is 13.9. The molecular formula is C19H20O2. The van der Waals surface area contributed by atoms with Crippen molar-refractivity contribution < 1.29 is 9.53 Å². The van der Waals surface area contributed by atoms with E-state index in [-0.39, 0.29) is 12.1 Å². The molecule has 0 heterocycles. The molecule has 0 aromatic heterocycles. The summed E-state index contributed by atoms with van der Waals surface area (Å²) in [6, 6.07) is 19.7. The SMILES string of the molecule is O=C(O[C@@H]1CCC[C@H]1Cc1ccccc1)c1ccccc1. The number of rotatable bonds is 4. The normalized spacial score (nSPS) is 21.1. The zero-order valence-corrected chi connectivity index (χ0v) is 12.1.